The van der Waals surface area contributed by atoms with Crippen LogP contribution < -0.4 is 4.90 Å². The van der Waals surface area contributed by atoms with Crippen LogP contribution in [0, 0.1) is 11.3 Å². The van der Waals surface area contributed by atoms with Gasteiger partial charge >= 0.3 is 0 Å². The molecule has 1 unspecified atom stereocenters. The molecule has 0 heterocycles. The summed E-state index contributed by atoms with van der Waals surface area (Å²) >= 11 is 0. The van der Waals surface area contributed by atoms with E-state index in [9.17, 15) is 10.1 Å². The van der Waals surface area contributed by atoms with E-state index in [4.69, 9.17) is 4.74 Å². The van der Waals surface area contributed by atoms with Crippen molar-refractivity contribution in [3.63, 3.8) is 0 Å². The predicted octanol–water partition coefficient (Wildman–Crippen LogP) is 2.23. The van der Waals surface area contributed by atoms with Crippen LogP contribution in [-0.4, -0.2) is 32.6 Å². The molecule has 96 valence electrons. The predicted molar refractivity (Wildman–Crippen MR) is 70.9 cm³/mol. The van der Waals surface area contributed by atoms with Crippen LogP contribution in [0.2, 0.25) is 0 Å². The summed E-state index contributed by atoms with van der Waals surface area (Å²) in [5.41, 5.74) is 1.88. The standard InChI is InChI=1S/C14H18N2O2/c1-4-16(11(2)10-18-3)14-6-5-12(9-17)7-13(14)8-15/h5-7,9,11H,4,10H2,1-3H3. The van der Waals surface area contributed by atoms with Gasteiger partial charge in [-0.3, -0.25) is 4.79 Å². The highest BCUT2D eigenvalue weighted by atomic mass is 16.5. The maximum atomic E-state index is 10.7. The van der Waals surface area contributed by atoms with Gasteiger partial charge in [-0.1, -0.05) is 0 Å². The molecule has 0 fully saturated rings. The van der Waals surface area contributed by atoms with Crippen molar-refractivity contribution in [1.82, 2.24) is 0 Å². The quantitative estimate of drug-likeness (QED) is 0.722. The smallest absolute Gasteiger partial charge is 0.150 e. The molecule has 0 amide bonds. The van der Waals surface area contributed by atoms with Gasteiger partial charge in [0.2, 0.25) is 0 Å². The molecular formula is C14H18N2O2. The number of likely N-dealkylation sites (N-methyl/N-ethyl adjacent to an activating group) is 1. The Hall–Kier alpha value is -1.86. The van der Waals surface area contributed by atoms with Gasteiger partial charge in [-0.05, 0) is 32.0 Å². The number of aldehydes is 1. The first-order valence-electron chi connectivity index (χ1n) is 5.92. The van der Waals surface area contributed by atoms with Gasteiger partial charge in [-0.15, -0.1) is 0 Å². The Morgan fingerprint density at radius 1 is 1.56 bits per heavy atom. The third-order valence-electron chi connectivity index (χ3n) is 2.87. The Morgan fingerprint density at radius 3 is 2.78 bits per heavy atom. The molecule has 0 saturated carbocycles. The van der Waals surface area contributed by atoms with Crippen molar-refractivity contribution in [3.05, 3.63) is 29.3 Å². The summed E-state index contributed by atoms with van der Waals surface area (Å²) in [7, 11) is 1.66. The van der Waals surface area contributed by atoms with Gasteiger partial charge in [0.1, 0.15) is 12.4 Å². The first-order valence-corrected chi connectivity index (χ1v) is 5.92. The van der Waals surface area contributed by atoms with E-state index in [1.807, 2.05) is 19.9 Å². The maximum absolute atomic E-state index is 10.7. The van der Waals surface area contributed by atoms with Crippen LogP contribution in [0.25, 0.3) is 0 Å². The summed E-state index contributed by atoms with van der Waals surface area (Å²) in [6.07, 6.45) is 0.749. The van der Waals surface area contributed by atoms with E-state index in [2.05, 4.69) is 11.0 Å². The van der Waals surface area contributed by atoms with Crippen molar-refractivity contribution >= 4 is 12.0 Å². The number of ether oxygens (including phenoxy) is 1. The van der Waals surface area contributed by atoms with Gasteiger partial charge < -0.3 is 9.64 Å². The van der Waals surface area contributed by atoms with E-state index in [1.54, 1.807) is 19.2 Å². The minimum absolute atomic E-state index is 0.175. The van der Waals surface area contributed by atoms with Crippen molar-refractivity contribution < 1.29 is 9.53 Å². The molecule has 0 aromatic heterocycles. The summed E-state index contributed by atoms with van der Waals surface area (Å²) in [6.45, 7) is 5.44. The van der Waals surface area contributed by atoms with Crippen molar-refractivity contribution in [2.45, 2.75) is 19.9 Å². The molecule has 0 N–H and O–H groups in total. The number of carbonyl (C=O) groups is 1. The molecule has 0 bridgehead atoms. The molecule has 0 saturated heterocycles. The third-order valence-corrected chi connectivity index (χ3v) is 2.87. The Balaban J connectivity index is 3.13. The molecule has 18 heavy (non-hydrogen) atoms. The summed E-state index contributed by atoms with van der Waals surface area (Å²) in [4.78, 5) is 12.8. The van der Waals surface area contributed by atoms with Crippen LogP contribution in [0.15, 0.2) is 18.2 Å². The summed E-state index contributed by atoms with van der Waals surface area (Å²) in [5, 5.41) is 9.17. The number of nitrogens with zero attached hydrogens (tertiary/aromatic N) is 2. The van der Waals surface area contributed by atoms with Gasteiger partial charge in [0, 0.05) is 25.3 Å². The molecule has 1 aromatic rings. The zero-order chi connectivity index (χ0) is 13.5. The number of anilines is 1. The topological polar surface area (TPSA) is 53.3 Å². The fraction of sp³-hybridized carbons (Fsp3) is 0.429. The second-order valence-electron chi connectivity index (χ2n) is 4.10. The average molecular weight is 246 g/mol. The molecule has 1 atom stereocenters. The van der Waals surface area contributed by atoms with E-state index >= 15 is 0 Å². The summed E-state index contributed by atoms with van der Waals surface area (Å²) < 4.78 is 5.15. The van der Waals surface area contributed by atoms with Crippen LogP contribution in [0.3, 0.4) is 0 Å². The van der Waals surface area contributed by atoms with E-state index in [0.29, 0.717) is 17.7 Å². The number of rotatable bonds is 6. The van der Waals surface area contributed by atoms with E-state index in [0.717, 1.165) is 18.5 Å². The number of carbonyl (C=O) groups excluding carboxylic acids is 1. The third kappa shape index (κ3) is 3.08. The first kappa shape index (κ1) is 14.2. The van der Waals surface area contributed by atoms with Crippen LogP contribution >= 0.6 is 0 Å². The monoisotopic (exact) mass is 246 g/mol. The molecule has 0 aliphatic heterocycles. The molecule has 0 spiro atoms. The van der Waals surface area contributed by atoms with Crippen molar-refractivity contribution in [3.8, 4) is 6.07 Å². The Labute approximate surface area is 108 Å². The average Bonchev–Trinajstić information content (AvgIpc) is 2.40. The summed E-state index contributed by atoms with van der Waals surface area (Å²) in [6, 6.07) is 7.48. The van der Waals surface area contributed by atoms with Gasteiger partial charge in [0.15, 0.2) is 0 Å². The van der Waals surface area contributed by atoms with Crippen LogP contribution in [0.1, 0.15) is 29.8 Å². The minimum atomic E-state index is 0.175. The fourth-order valence-electron chi connectivity index (χ4n) is 2.02. The zero-order valence-corrected chi connectivity index (χ0v) is 11.0. The van der Waals surface area contributed by atoms with E-state index in [1.165, 1.54) is 0 Å². The number of nitriles is 1. The van der Waals surface area contributed by atoms with Crippen LogP contribution in [0.4, 0.5) is 5.69 Å². The van der Waals surface area contributed by atoms with Gasteiger partial charge in [-0.2, -0.15) is 5.26 Å². The molecule has 1 rings (SSSR count). The second-order valence-corrected chi connectivity index (χ2v) is 4.10. The Kier molecular flexibility index (Phi) is 5.34. The number of benzene rings is 1. The minimum Gasteiger partial charge on any atom is -0.383 e. The number of hydrogen-bond acceptors (Lipinski definition) is 4. The highest BCUT2D eigenvalue weighted by Gasteiger charge is 2.16. The lowest BCUT2D eigenvalue weighted by atomic mass is 10.1. The lowest BCUT2D eigenvalue weighted by Crippen LogP contribution is -2.36. The van der Waals surface area contributed by atoms with Crippen LogP contribution in [-0.2, 0) is 4.74 Å². The fourth-order valence-corrected chi connectivity index (χ4v) is 2.02. The second kappa shape index (κ2) is 6.77. The molecule has 0 aliphatic rings. The SMILES string of the molecule is CCN(c1ccc(C=O)cc1C#N)C(C)COC. The van der Waals surface area contributed by atoms with Crippen LogP contribution in [0.5, 0.6) is 0 Å². The molecular weight excluding hydrogens is 228 g/mol. The first-order chi connectivity index (χ1) is 8.67. The zero-order valence-electron chi connectivity index (χ0n) is 11.0. The Bertz CT molecular complexity index is 452. The molecule has 0 radical (unpaired) electrons. The largest absolute Gasteiger partial charge is 0.383 e. The van der Waals surface area contributed by atoms with Crippen molar-refractivity contribution in [2.24, 2.45) is 0 Å². The summed E-state index contributed by atoms with van der Waals surface area (Å²) in [5.74, 6) is 0. The lowest BCUT2D eigenvalue weighted by molar-refractivity contribution is 0.112. The van der Waals surface area contributed by atoms with Crippen molar-refractivity contribution in [1.29, 1.82) is 5.26 Å². The lowest BCUT2D eigenvalue weighted by Gasteiger charge is -2.30. The highest BCUT2D eigenvalue weighted by Crippen LogP contribution is 2.23. The molecule has 4 heteroatoms. The van der Waals surface area contributed by atoms with Crippen molar-refractivity contribution in [2.75, 3.05) is 25.2 Å². The van der Waals surface area contributed by atoms with Gasteiger partial charge in [0.05, 0.1) is 17.9 Å². The molecule has 4 nitrogen and oxygen atoms in total. The maximum Gasteiger partial charge on any atom is 0.150 e. The van der Waals surface area contributed by atoms with Gasteiger partial charge in [0.25, 0.3) is 0 Å². The highest BCUT2D eigenvalue weighted by molar-refractivity contribution is 5.78. The van der Waals surface area contributed by atoms with Gasteiger partial charge in [-0.25, -0.2) is 0 Å². The number of methoxy groups -OCH3 is 1. The molecule has 1 aromatic carbocycles. The van der Waals surface area contributed by atoms with E-state index < -0.39 is 0 Å². The number of hydrogen-bond donors (Lipinski definition) is 0. The normalized spacial score (nSPS) is 11.7. The Morgan fingerprint density at radius 2 is 2.28 bits per heavy atom. The van der Waals surface area contributed by atoms with E-state index in [-0.39, 0.29) is 6.04 Å². The molecule has 0 aliphatic carbocycles.